The summed E-state index contributed by atoms with van der Waals surface area (Å²) in [5.74, 6) is 1.14. The molecule has 0 radical (unpaired) electrons. The topological polar surface area (TPSA) is 46.9 Å². The molecule has 0 aromatic carbocycles. The molecule has 3 rings (SSSR count). The summed E-state index contributed by atoms with van der Waals surface area (Å²) >= 11 is 1.54. The van der Waals surface area contributed by atoms with Gasteiger partial charge in [0.15, 0.2) is 0 Å². The lowest BCUT2D eigenvalue weighted by molar-refractivity contribution is 0.0958. The van der Waals surface area contributed by atoms with E-state index in [1.54, 1.807) is 11.3 Å². The van der Waals surface area contributed by atoms with Gasteiger partial charge in [0.2, 0.25) is 0 Å². The number of imidazole rings is 1. The molecular formula is C19H27N3OS. The number of carbonyl (C=O) groups excluding carboxylic acids is 1. The third kappa shape index (κ3) is 4.07. The van der Waals surface area contributed by atoms with Crippen molar-refractivity contribution in [3.8, 4) is 0 Å². The van der Waals surface area contributed by atoms with Crippen LogP contribution in [0.2, 0.25) is 0 Å². The number of carbonyl (C=O) groups is 1. The fourth-order valence-electron chi connectivity index (χ4n) is 3.63. The molecule has 0 bridgehead atoms. The third-order valence-corrected chi connectivity index (χ3v) is 5.85. The number of hydrogen-bond donors (Lipinski definition) is 1. The molecule has 0 aliphatic heterocycles. The molecule has 0 spiro atoms. The number of nitrogens with zero attached hydrogens (tertiary/aromatic N) is 2. The predicted molar refractivity (Wildman–Crippen MR) is 98.8 cm³/mol. The Morgan fingerprint density at radius 3 is 2.67 bits per heavy atom. The quantitative estimate of drug-likeness (QED) is 0.815. The van der Waals surface area contributed by atoms with Gasteiger partial charge in [0, 0.05) is 35.8 Å². The molecule has 2 heterocycles. The van der Waals surface area contributed by atoms with Crippen molar-refractivity contribution in [1.82, 2.24) is 14.9 Å². The SMILES string of the molecule is Cc1ccc(C(=O)NCCc2ncc(C)n2C2CCCCCC2)s1. The van der Waals surface area contributed by atoms with Crippen LogP contribution in [0.4, 0.5) is 0 Å². The van der Waals surface area contributed by atoms with E-state index in [0.29, 0.717) is 12.6 Å². The average Bonchev–Trinajstić information content (AvgIpc) is 3.04. The van der Waals surface area contributed by atoms with Gasteiger partial charge in [0.05, 0.1) is 4.88 Å². The van der Waals surface area contributed by atoms with Gasteiger partial charge in [-0.3, -0.25) is 4.79 Å². The van der Waals surface area contributed by atoms with Gasteiger partial charge in [0.25, 0.3) is 5.91 Å². The van der Waals surface area contributed by atoms with Crippen LogP contribution in [0.5, 0.6) is 0 Å². The molecule has 0 unspecified atom stereocenters. The minimum absolute atomic E-state index is 0.0254. The van der Waals surface area contributed by atoms with E-state index in [2.05, 4.69) is 21.8 Å². The summed E-state index contributed by atoms with van der Waals surface area (Å²) in [4.78, 5) is 18.7. The summed E-state index contributed by atoms with van der Waals surface area (Å²) in [6.07, 6.45) is 10.6. The van der Waals surface area contributed by atoms with E-state index in [1.807, 2.05) is 25.3 Å². The van der Waals surface area contributed by atoms with Gasteiger partial charge in [-0.2, -0.15) is 0 Å². The summed E-state index contributed by atoms with van der Waals surface area (Å²) in [6, 6.07) is 4.47. The minimum atomic E-state index is 0.0254. The normalized spacial score (nSPS) is 16.1. The Morgan fingerprint density at radius 1 is 1.25 bits per heavy atom. The van der Waals surface area contributed by atoms with Crippen molar-refractivity contribution in [3.05, 3.63) is 39.6 Å². The van der Waals surface area contributed by atoms with Crippen LogP contribution in [0, 0.1) is 13.8 Å². The van der Waals surface area contributed by atoms with Crippen LogP contribution in [-0.2, 0) is 6.42 Å². The largest absolute Gasteiger partial charge is 0.351 e. The Bertz CT molecular complexity index is 681. The van der Waals surface area contributed by atoms with Gasteiger partial charge in [-0.05, 0) is 38.8 Å². The Labute approximate surface area is 148 Å². The average molecular weight is 346 g/mol. The number of aryl methyl sites for hydroxylation is 2. The van der Waals surface area contributed by atoms with E-state index in [0.717, 1.165) is 17.1 Å². The molecule has 1 aliphatic carbocycles. The maximum atomic E-state index is 12.2. The van der Waals surface area contributed by atoms with Crippen molar-refractivity contribution in [1.29, 1.82) is 0 Å². The highest BCUT2D eigenvalue weighted by molar-refractivity contribution is 7.13. The van der Waals surface area contributed by atoms with Crippen LogP contribution < -0.4 is 5.32 Å². The molecule has 1 N–H and O–H groups in total. The zero-order valence-electron chi connectivity index (χ0n) is 14.7. The second-order valence-corrected chi connectivity index (χ2v) is 8.04. The molecule has 130 valence electrons. The van der Waals surface area contributed by atoms with Crippen LogP contribution in [0.1, 0.15) is 70.6 Å². The van der Waals surface area contributed by atoms with Gasteiger partial charge in [0.1, 0.15) is 5.82 Å². The lowest BCUT2D eigenvalue weighted by Crippen LogP contribution is -2.26. The molecular weight excluding hydrogens is 318 g/mol. The number of hydrogen-bond acceptors (Lipinski definition) is 3. The van der Waals surface area contributed by atoms with Gasteiger partial charge < -0.3 is 9.88 Å². The highest BCUT2D eigenvalue weighted by atomic mass is 32.1. The summed E-state index contributed by atoms with van der Waals surface area (Å²) in [7, 11) is 0. The van der Waals surface area contributed by atoms with Gasteiger partial charge in [-0.25, -0.2) is 4.98 Å². The first kappa shape index (κ1) is 17.2. The first-order valence-electron chi connectivity index (χ1n) is 9.02. The van der Waals surface area contributed by atoms with Crippen molar-refractivity contribution in [2.24, 2.45) is 0 Å². The molecule has 1 aliphatic rings. The molecule has 1 amide bonds. The number of aromatic nitrogens is 2. The summed E-state index contributed by atoms with van der Waals surface area (Å²) < 4.78 is 2.42. The second-order valence-electron chi connectivity index (χ2n) is 6.75. The van der Waals surface area contributed by atoms with E-state index in [1.165, 1.54) is 49.1 Å². The molecule has 0 atom stereocenters. The first-order chi connectivity index (χ1) is 11.6. The predicted octanol–water partition coefficient (Wildman–Crippen LogP) is 4.43. The van der Waals surface area contributed by atoms with Crippen LogP contribution in [0.3, 0.4) is 0 Å². The van der Waals surface area contributed by atoms with Crippen molar-refractivity contribution in [3.63, 3.8) is 0 Å². The molecule has 2 aromatic rings. The highest BCUT2D eigenvalue weighted by Crippen LogP contribution is 2.29. The van der Waals surface area contributed by atoms with Crippen LogP contribution in [0.15, 0.2) is 18.3 Å². The van der Waals surface area contributed by atoms with Crippen LogP contribution in [0.25, 0.3) is 0 Å². The fraction of sp³-hybridized carbons (Fsp3) is 0.579. The number of amides is 1. The van der Waals surface area contributed by atoms with Crippen molar-refractivity contribution in [2.75, 3.05) is 6.54 Å². The molecule has 5 heteroatoms. The van der Waals surface area contributed by atoms with Crippen LogP contribution >= 0.6 is 11.3 Å². The number of nitrogens with one attached hydrogen (secondary N) is 1. The maximum absolute atomic E-state index is 12.2. The highest BCUT2D eigenvalue weighted by Gasteiger charge is 2.19. The minimum Gasteiger partial charge on any atom is -0.351 e. The second kappa shape index (κ2) is 7.97. The Hall–Kier alpha value is -1.62. The van der Waals surface area contributed by atoms with Crippen molar-refractivity contribution < 1.29 is 4.79 Å². The van der Waals surface area contributed by atoms with Crippen molar-refractivity contribution in [2.45, 2.75) is 64.8 Å². The van der Waals surface area contributed by atoms with Gasteiger partial charge >= 0.3 is 0 Å². The number of rotatable bonds is 5. The third-order valence-electron chi connectivity index (χ3n) is 4.85. The van der Waals surface area contributed by atoms with E-state index in [4.69, 9.17) is 0 Å². The fourth-order valence-corrected chi connectivity index (χ4v) is 4.41. The zero-order chi connectivity index (χ0) is 16.9. The first-order valence-corrected chi connectivity index (χ1v) is 9.84. The van der Waals surface area contributed by atoms with Gasteiger partial charge in [-0.15, -0.1) is 11.3 Å². The maximum Gasteiger partial charge on any atom is 0.261 e. The summed E-state index contributed by atoms with van der Waals surface area (Å²) in [6.45, 7) is 4.81. The Kier molecular flexibility index (Phi) is 5.72. The zero-order valence-corrected chi connectivity index (χ0v) is 15.5. The smallest absolute Gasteiger partial charge is 0.261 e. The molecule has 2 aromatic heterocycles. The summed E-state index contributed by atoms with van der Waals surface area (Å²) in [5.41, 5.74) is 1.25. The lowest BCUT2D eigenvalue weighted by Gasteiger charge is -2.21. The standard InChI is InChI=1S/C19H27N3OS/c1-14-13-21-18(22(14)16-7-5-3-4-6-8-16)11-12-20-19(23)17-10-9-15(2)24-17/h9-10,13,16H,3-8,11-12H2,1-2H3,(H,20,23). The number of thiophene rings is 1. The molecule has 1 saturated carbocycles. The molecule has 1 fully saturated rings. The monoisotopic (exact) mass is 345 g/mol. The van der Waals surface area contributed by atoms with Crippen molar-refractivity contribution >= 4 is 17.2 Å². The Balaban J connectivity index is 1.60. The molecule has 4 nitrogen and oxygen atoms in total. The molecule has 24 heavy (non-hydrogen) atoms. The van der Waals surface area contributed by atoms with E-state index in [9.17, 15) is 4.79 Å². The van der Waals surface area contributed by atoms with E-state index in [-0.39, 0.29) is 5.91 Å². The lowest BCUT2D eigenvalue weighted by atomic mass is 10.1. The van der Waals surface area contributed by atoms with E-state index >= 15 is 0 Å². The molecule has 0 saturated heterocycles. The van der Waals surface area contributed by atoms with Gasteiger partial charge in [-0.1, -0.05) is 25.7 Å². The van der Waals surface area contributed by atoms with Crippen LogP contribution in [-0.4, -0.2) is 22.0 Å². The Morgan fingerprint density at radius 2 is 2.00 bits per heavy atom. The van der Waals surface area contributed by atoms with E-state index < -0.39 is 0 Å². The summed E-state index contributed by atoms with van der Waals surface area (Å²) in [5, 5.41) is 3.03.